The molecule has 2 rings (SSSR count). The Bertz CT molecular complexity index is 592. The molecule has 0 N–H and O–H groups in total. The van der Waals surface area contributed by atoms with Gasteiger partial charge in [0.2, 0.25) is 5.95 Å². The van der Waals surface area contributed by atoms with E-state index in [0.29, 0.717) is 0 Å². The molecule has 0 saturated heterocycles. The van der Waals surface area contributed by atoms with E-state index in [9.17, 15) is 0 Å². The molecule has 2 aromatic rings. The van der Waals surface area contributed by atoms with Gasteiger partial charge >= 0.3 is 0 Å². The van der Waals surface area contributed by atoms with Gasteiger partial charge < -0.3 is 4.90 Å². The number of hydrogen-bond acceptors (Lipinski definition) is 3. The van der Waals surface area contributed by atoms with E-state index in [4.69, 9.17) is 0 Å². The highest BCUT2D eigenvalue weighted by Gasteiger charge is 2.11. The first kappa shape index (κ1) is 13.5. The molecule has 0 spiro atoms. The van der Waals surface area contributed by atoms with E-state index in [-0.39, 0.29) is 0 Å². The van der Waals surface area contributed by atoms with Crippen LogP contribution in [0.15, 0.2) is 18.2 Å². The molecule has 3 heteroatoms. The molecule has 0 aliphatic heterocycles. The molecule has 0 aliphatic carbocycles. The average Bonchev–Trinajstić information content (AvgIpc) is 2.26. The number of rotatable bonds is 2. The molecule has 0 fully saturated rings. The lowest BCUT2D eigenvalue weighted by Gasteiger charge is -2.15. The van der Waals surface area contributed by atoms with Crippen molar-refractivity contribution in [3.05, 3.63) is 40.6 Å². The first-order chi connectivity index (χ1) is 8.88. The Morgan fingerprint density at radius 3 is 1.95 bits per heavy atom. The lowest BCUT2D eigenvalue weighted by atomic mass is 9.97. The van der Waals surface area contributed by atoms with Gasteiger partial charge in [-0.1, -0.05) is 17.7 Å². The Morgan fingerprint density at radius 2 is 1.42 bits per heavy atom. The maximum Gasteiger partial charge on any atom is 0.225 e. The van der Waals surface area contributed by atoms with E-state index in [1.165, 1.54) is 22.3 Å². The van der Waals surface area contributed by atoms with E-state index < -0.39 is 0 Å². The second kappa shape index (κ2) is 5.00. The summed E-state index contributed by atoms with van der Waals surface area (Å²) in [5, 5.41) is 0. The van der Waals surface area contributed by atoms with Crippen molar-refractivity contribution in [1.29, 1.82) is 0 Å². The fourth-order valence-corrected chi connectivity index (χ4v) is 2.46. The summed E-state index contributed by atoms with van der Waals surface area (Å²) in [6, 6.07) is 6.46. The number of aryl methyl sites for hydroxylation is 4. The third-order valence-electron chi connectivity index (χ3n) is 3.18. The quantitative estimate of drug-likeness (QED) is 0.823. The predicted molar refractivity (Wildman–Crippen MR) is 80.7 cm³/mol. The Labute approximate surface area is 115 Å². The smallest absolute Gasteiger partial charge is 0.225 e. The van der Waals surface area contributed by atoms with Crippen LogP contribution in [0.1, 0.15) is 22.4 Å². The van der Waals surface area contributed by atoms with Crippen molar-refractivity contribution in [3.8, 4) is 11.3 Å². The zero-order valence-corrected chi connectivity index (χ0v) is 12.6. The predicted octanol–water partition coefficient (Wildman–Crippen LogP) is 3.44. The summed E-state index contributed by atoms with van der Waals surface area (Å²) in [6.45, 7) is 8.42. The molecule has 100 valence electrons. The molecule has 1 aromatic heterocycles. The van der Waals surface area contributed by atoms with E-state index in [0.717, 1.165) is 17.3 Å². The number of nitrogens with zero attached hydrogens (tertiary/aromatic N) is 3. The molecule has 0 bridgehead atoms. The van der Waals surface area contributed by atoms with Crippen LogP contribution < -0.4 is 4.90 Å². The van der Waals surface area contributed by atoms with Crippen molar-refractivity contribution in [2.24, 2.45) is 0 Å². The molecule has 0 amide bonds. The Kier molecular flexibility index (Phi) is 3.56. The molecular weight excluding hydrogens is 234 g/mol. The Morgan fingerprint density at radius 1 is 0.842 bits per heavy atom. The van der Waals surface area contributed by atoms with E-state index in [2.05, 4.69) is 48.9 Å². The van der Waals surface area contributed by atoms with Crippen molar-refractivity contribution < 1.29 is 0 Å². The summed E-state index contributed by atoms with van der Waals surface area (Å²) in [5.41, 5.74) is 7.04. The number of aromatic nitrogens is 2. The first-order valence-corrected chi connectivity index (χ1v) is 6.49. The Balaban J connectivity index is 2.65. The molecule has 0 atom stereocenters. The second-order valence-corrected chi connectivity index (χ2v) is 5.36. The summed E-state index contributed by atoms with van der Waals surface area (Å²) in [7, 11) is 3.93. The highest BCUT2D eigenvalue weighted by molar-refractivity contribution is 5.69. The zero-order chi connectivity index (χ0) is 14.2. The van der Waals surface area contributed by atoms with E-state index >= 15 is 0 Å². The van der Waals surface area contributed by atoms with Gasteiger partial charge in [-0.15, -0.1) is 0 Å². The molecule has 0 radical (unpaired) electrons. The standard InChI is InChI=1S/C16H21N3/c1-10-7-11(2)15(12(3)8-10)14-9-13(4)17-16(18-14)19(5)6/h7-9H,1-6H3. The molecule has 0 saturated carbocycles. The first-order valence-electron chi connectivity index (χ1n) is 6.49. The number of anilines is 1. The minimum Gasteiger partial charge on any atom is -0.347 e. The molecule has 0 aliphatic rings. The van der Waals surface area contributed by atoms with Crippen LogP contribution in [-0.4, -0.2) is 24.1 Å². The van der Waals surface area contributed by atoms with Crippen LogP contribution in [0.25, 0.3) is 11.3 Å². The topological polar surface area (TPSA) is 29.0 Å². The summed E-state index contributed by atoms with van der Waals surface area (Å²) in [4.78, 5) is 11.1. The minimum absolute atomic E-state index is 0.759. The van der Waals surface area contributed by atoms with Crippen LogP contribution in [0.3, 0.4) is 0 Å². The number of benzene rings is 1. The van der Waals surface area contributed by atoms with Crippen LogP contribution >= 0.6 is 0 Å². The average molecular weight is 255 g/mol. The van der Waals surface area contributed by atoms with Gasteiger partial charge in [-0.05, 0) is 44.9 Å². The Hall–Kier alpha value is -1.90. The van der Waals surface area contributed by atoms with Crippen molar-refractivity contribution in [2.75, 3.05) is 19.0 Å². The van der Waals surface area contributed by atoms with Gasteiger partial charge in [0, 0.05) is 25.4 Å². The summed E-state index contributed by atoms with van der Waals surface area (Å²) in [6.07, 6.45) is 0. The summed E-state index contributed by atoms with van der Waals surface area (Å²) in [5.74, 6) is 0.759. The van der Waals surface area contributed by atoms with Gasteiger partial charge in [-0.25, -0.2) is 9.97 Å². The lowest BCUT2D eigenvalue weighted by molar-refractivity contribution is 0.979. The van der Waals surface area contributed by atoms with Crippen LogP contribution in [0.4, 0.5) is 5.95 Å². The van der Waals surface area contributed by atoms with Crippen LogP contribution in [0, 0.1) is 27.7 Å². The maximum atomic E-state index is 4.67. The van der Waals surface area contributed by atoms with Gasteiger partial charge in [-0.2, -0.15) is 0 Å². The van der Waals surface area contributed by atoms with Gasteiger partial charge in [-0.3, -0.25) is 0 Å². The van der Waals surface area contributed by atoms with Crippen molar-refractivity contribution in [1.82, 2.24) is 9.97 Å². The van der Waals surface area contributed by atoms with Gasteiger partial charge in [0.15, 0.2) is 0 Å². The molecule has 3 nitrogen and oxygen atoms in total. The van der Waals surface area contributed by atoms with Crippen molar-refractivity contribution in [2.45, 2.75) is 27.7 Å². The highest BCUT2D eigenvalue weighted by atomic mass is 15.2. The van der Waals surface area contributed by atoms with Crippen LogP contribution in [0.5, 0.6) is 0 Å². The minimum atomic E-state index is 0.759. The SMILES string of the molecule is Cc1cc(C)c(-c2cc(C)nc(N(C)C)n2)c(C)c1. The van der Waals surface area contributed by atoms with Gasteiger partial charge in [0.25, 0.3) is 0 Å². The third-order valence-corrected chi connectivity index (χ3v) is 3.18. The molecule has 1 heterocycles. The van der Waals surface area contributed by atoms with E-state index in [1.807, 2.05) is 25.9 Å². The maximum absolute atomic E-state index is 4.67. The van der Waals surface area contributed by atoms with Crippen molar-refractivity contribution >= 4 is 5.95 Å². The van der Waals surface area contributed by atoms with Crippen LogP contribution in [-0.2, 0) is 0 Å². The monoisotopic (exact) mass is 255 g/mol. The summed E-state index contributed by atoms with van der Waals surface area (Å²) >= 11 is 0. The van der Waals surface area contributed by atoms with Gasteiger partial charge in [0.05, 0.1) is 5.69 Å². The molecular formula is C16H21N3. The number of hydrogen-bond donors (Lipinski definition) is 0. The summed E-state index contributed by atoms with van der Waals surface area (Å²) < 4.78 is 0. The molecule has 0 unspecified atom stereocenters. The fraction of sp³-hybridized carbons (Fsp3) is 0.375. The lowest BCUT2D eigenvalue weighted by Crippen LogP contribution is -2.13. The highest BCUT2D eigenvalue weighted by Crippen LogP contribution is 2.28. The molecule has 19 heavy (non-hydrogen) atoms. The second-order valence-electron chi connectivity index (χ2n) is 5.36. The normalized spacial score (nSPS) is 10.6. The fourth-order valence-electron chi connectivity index (χ4n) is 2.46. The van der Waals surface area contributed by atoms with Crippen molar-refractivity contribution in [3.63, 3.8) is 0 Å². The zero-order valence-electron chi connectivity index (χ0n) is 12.6. The largest absolute Gasteiger partial charge is 0.347 e. The third kappa shape index (κ3) is 2.75. The van der Waals surface area contributed by atoms with Crippen LogP contribution in [0.2, 0.25) is 0 Å². The van der Waals surface area contributed by atoms with E-state index in [1.54, 1.807) is 0 Å². The van der Waals surface area contributed by atoms with Gasteiger partial charge in [0.1, 0.15) is 0 Å². The molecule has 1 aromatic carbocycles.